The Hall–Kier alpha value is -1.21. The van der Waals surface area contributed by atoms with E-state index in [9.17, 15) is 0 Å². The lowest BCUT2D eigenvalue weighted by molar-refractivity contribution is 0.860. The summed E-state index contributed by atoms with van der Waals surface area (Å²) in [6, 6.07) is 14.9. The Morgan fingerprint density at radius 1 is 1.12 bits per heavy atom. The molecule has 0 aromatic heterocycles. The fraction of sp³-hybridized carbons (Fsp3) is 0.286. The van der Waals surface area contributed by atoms with Crippen LogP contribution in [0.2, 0.25) is 0 Å². The molecule has 84 valence electrons. The summed E-state index contributed by atoms with van der Waals surface area (Å²) < 4.78 is 0. The van der Waals surface area contributed by atoms with Crippen LogP contribution in [0.4, 0.5) is 5.69 Å². The zero-order chi connectivity index (χ0) is 11.5. The summed E-state index contributed by atoms with van der Waals surface area (Å²) in [5.74, 6) is 0. The van der Waals surface area contributed by atoms with Gasteiger partial charge in [-0.3, -0.25) is 0 Å². The highest BCUT2D eigenvalue weighted by atomic mass is 35.5. The van der Waals surface area contributed by atoms with Crippen molar-refractivity contribution in [2.24, 2.45) is 0 Å². The molecule has 0 saturated heterocycles. The van der Waals surface area contributed by atoms with Gasteiger partial charge in [-0.2, -0.15) is 0 Å². The first-order valence-electron chi connectivity index (χ1n) is 5.51. The Morgan fingerprint density at radius 3 is 2.50 bits per heavy atom. The minimum atomic E-state index is 0.163. The van der Waals surface area contributed by atoms with Gasteiger partial charge in [0.2, 0.25) is 0 Å². The molecule has 0 aliphatic heterocycles. The van der Waals surface area contributed by atoms with Gasteiger partial charge < -0.3 is 4.90 Å². The molecule has 0 heterocycles. The SMILES string of the molecule is C[C@H](Cl)CN(C)c1ccc2ccccc2c1. The predicted molar refractivity (Wildman–Crippen MR) is 72.5 cm³/mol. The van der Waals surface area contributed by atoms with Gasteiger partial charge in [0.05, 0.1) is 0 Å². The molecule has 1 atom stereocenters. The normalized spacial score (nSPS) is 12.7. The Morgan fingerprint density at radius 2 is 1.81 bits per heavy atom. The lowest BCUT2D eigenvalue weighted by atomic mass is 10.1. The van der Waals surface area contributed by atoms with Gasteiger partial charge in [-0.25, -0.2) is 0 Å². The third-order valence-electron chi connectivity index (χ3n) is 2.70. The van der Waals surface area contributed by atoms with E-state index >= 15 is 0 Å². The van der Waals surface area contributed by atoms with E-state index in [0.29, 0.717) is 0 Å². The molecule has 0 fully saturated rings. The number of nitrogens with zero attached hydrogens (tertiary/aromatic N) is 1. The van der Waals surface area contributed by atoms with E-state index in [1.54, 1.807) is 0 Å². The third-order valence-corrected chi connectivity index (χ3v) is 2.84. The van der Waals surface area contributed by atoms with Crippen LogP contribution in [0.1, 0.15) is 6.92 Å². The van der Waals surface area contributed by atoms with Gasteiger partial charge in [-0.1, -0.05) is 30.3 Å². The van der Waals surface area contributed by atoms with Crippen molar-refractivity contribution < 1.29 is 0 Å². The van der Waals surface area contributed by atoms with Gasteiger partial charge in [0, 0.05) is 24.7 Å². The van der Waals surface area contributed by atoms with Crippen LogP contribution >= 0.6 is 11.6 Å². The van der Waals surface area contributed by atoms with Gasteiger partial charge in [0.25, 0.3) is 0 Å². The van der Waals surface area contributed by atoms with E-state index in [0.717, 1.165) is 6.54 Å². The van der Waals surface area contributed by atoms with Gasteiger partial charge in [0.1, 0.15) is 0 Å². The summed E-state index contributed by atoms with van der Waals surface area (Å²) in [4.78, 5) is 2.18. The van der Waals surface area contributed by atoms with Crippen molar-refractivity contribution in [3.05, 3.63) is 42.5 Å². The van der Waals surface area contributed by atoms with Crippen molar-refractivity contribution in [1.29, 1.82) is 0 Å². The second kappa shape index (κ2) is 4.75. The van der Waals surface area contributed by atoms with Crippen LogP contribution in [0.5, 0.6) is 0 Å². The van der Waals surface area contributed by atoms with E-state index in [1.807, 2.05) is 6.92 Å². The monoisotopic (exact) mass is 233 g/mol. The van der Waals surface area contributed by atoms with E-state index in [-0.39, 0.29) is 5.38 Å². The first kappa shape index (κ1) is 11.3. The summed E-state index contributed by atoms with van der Waals surface area (Å²) in [5, 5.41) is 2.71. The van der Waals surface area contributed by atoms with Crippen molar-refractivity contribution in [3.63, 3.8) is 0 Å². The first-order chi connectivity index (χ1) is 7.66. The van der Waals surface area contributed by atoms with Crippen LogP contribution in [0, 0.1) is 0 Å². The molecular weight excluding hydrogens is 218 g/mol. The molecule has 16 heavy (non-hydrogen) atoms. The number of hydrogen-bond donors (Lipinski definition) is 0. The molecule has 0 aliphatic carbocycles. The standard InChI is InChI=1S/C14H16ClN/c1-11(15)10-16(2)14-8-7-12-5-3-4-6-13(12)9-14/h3-9,11H,10H2,1-2H3/t11-/m0/s1. The van der Waals surface area contributed by atoms with Gasteiger partial charge in [-0.15, -0.1) is 11.6 Å². The highest BCUT2D eigenvalue weighted by Crippen LogP contribution is 2.21. The molecule has 2 aromatic rings. The maximum atomic E-state index is 6.00. The lowest BCUT2D eigenvalue weighted by Gasteiger charge is -2.21. The quantitative estimate of drug-likeness (QED) is 0.727. The van der Waals surface area contributed by atoms with Crippen LogP contribution < -0.4 is 4.90 Å². The Bertz CT molecular complexity index is 479. The summed E-state index contributed by atoms with van der Waals surface area (Å²) in [6.45, 7) is 2.87. The fourth-order valence-electron chi connectivity index (χ4n) is 1.90. The van der Waals surface area contributed by atoms with Crippen LogP contribution in [0.25, 0.3) is 10.8 Å². The van der Waals surface area contributed by atoms with Crippen LogP contribution in [0.15, 0.2) is 42.5 Å². The average molecular weight is 234 g/mol. The maximum absolute atomic E-state index is 6.00. The average Bonchev–Trinajstić information content (AvgIpc) is 2.27. The molecule has 2 rings (SSSR count). The zero-order valence-corrected chi connectivity index (χ0v) is 10.4. The van der Waals surface area contributed by atoms with Crippen molar-refractivity contribution >= 4 is 28.1 Å². The molecule has 0 spiro atoms. The molecule has 2 aromatic carbocycles. The second-order valence-corrected chi connectivity index (χ2v) is 4.94. The van der Waals surface area contributed by atoms with Crippen molar-refractivity contribution in [1.82, 2.24) is 0 Å². The molecule has 0 amide bonds. The number of halogens is 1. The highest BCUT2D eigenvalue weighted by molar-refractivity contribution is 6.20. The third kappa shape index (κ3) is 2.48. The number of fused-ring (bicyclic) bond motifs is 1. The first-order valence-corrected chi connectivity index (χ1v) is 5.94. The molecule has 0 unspecified atom stereocenters. The number of hydrogen-bond acceptors (Lipinski definition) is 1. The number of anilines is 1. The van der Waals surface area contributed by atoms with Crippen LogP contribution in [0.3, 0.4) is 0 Å². The fourth-order valence-corrected chi connectivity index (χ4v) is 2.10. The summed E-state index contributed by atoms with van der Waals surface area (Å²) in [7, 11) is 2.07. The molecule has 0 N–H and O–H groups in total. The number of rotatable bonds is 3. The second-order valence-electron chi connectivity index (χ2n) is 4.19. The zero-order valence-electron chi connectivity index (χ0n) is 9.65. The summed E-state index contributed by atoms with van der Waals surface area (Å²) >= 11 is 6.00. The van der Waals surface area contributed by atoms with Crippen molar-refractivity contribution in [2.75, 3.05) is 18.5 Å². The van der Waals surface area contributed by atoms with Gasteiger partial charge in [-0.05, 0) is 29.8 Å². The smallest absolute Gasteiger partial charge is 0.0482 e. The largest absolute Gasteiger partial charge is 0.373 e. The summed E-state index contributed by atoms with van der Waals surface area (Å²) in [6.07, 6.45) is 0. The predicted octanol–water partition coefficient (Wildman–Crippen LogP) is 3.90. The van der Waals surface area contributed by atoms with E-state index in [4.69, 9.17) is 11.6 Å². The highest BCUT2D eigenvalue weighted by Gasteiger charge is 2.04. The van der Waals surface area contributed by atoms with E-state index in [2.05, 4.69) is 54.4 Å². The Labute approximate surface area is 102 Å². The number of benzene rings is 2. The van der Waals surface area contributed by atoms with Gasteiger partial charge >= 0.3 is 0 Å². The molecule has 0 bridgehead atoms. The van der Waals surface area contributed by atoms with E-state index < -0.39 is 0 Å². The minimum Gasteiger partial charge on any atom is -0.373 e. The number of alkyl halides is 1. The van der Waals surface area contributed by atoms with Crippen molar-refractivity contribution in [3.8, 4) is 0 Å². The molecule has 0 saturated carbocycles. The molecular formula is C14H16ClN. The lowest BCUT2D eigenvalue weighted by Crippen LogP contribution is -2.23. The van der Waals surface area contributed by atoms with E-state index in [1.165, 1.54) is 16.5 Å². The van der Waals surface area contributed by atoms with Crippen LogP contribution in [-0.4, -0.2) is 19.0 Å². The molecule has 0 aliphatic rings. The molecule has 0 radical (unpaired) electrons. The molecule has 1 nitrogen and oxygen atoms in total. The van der Waals surface area contributed by atoms with Crippen LogP contribution in [-0.2, 0) is 0 Å². The minimum absolute atomic E-state index is 0.163. The maximum Gasteiger partial charge on any atom is 0.0482 e. The Balaban J connectivity index is 2.32. The van der Waals surface area contributed by atoms with Gasteiger partial charge in [0.15, 0.2) is 0 Å². The topological polar surface area (TPSA) is 3.24 Å². The van der Waals surface area contributed by atoms with Crippen molar-refractivity contribution in [2.45, 2.75) is 12.3 Å². The Kier molecular flexibility index (Phi) is 3.35. The molecule has 2 heteroatoms. The summed E-state index contributed by atoms with van der Waals surface area (Å²) in [5.41, 5.74) is 1.21.